The van der Waals surface area contributed by atoms with E-state index < -0.39 is 0 Å². The molecular weight excluding hydrogens is 1370 g/mol. The highest BCUT2D eigenvalue weighted by atomic mass is 14.4. The molecule has 8 rings (SSSR count). The van der Waals surface area contributed by atoms with Gasteiger partial charge in [0, 0.05) is 77.2 Å². The quantitative estimate of drug-likeness (QED) is 0.0540. The minimum Gasteiger partial charge on any atom is -0.112 e. The zero-order chi connectivity index (χ0) is 85.4. The van der Waals surface area contributed by atoms with Crippen molar-refractivity contribution in [2.75, 3.05) is 0 Å². The van der Waals surface area contributed by atoms with Crippen molar-refractivity contribution in [1.29, 1.82) is 0 Å². The van der Waals surface area contributed by atoms with Gasteiger partial charge in [0.1, 0.15) is 7.85 Å². The summed E-state index contributed by atoms with van der Waals surface area (Å²) in [6.07, 6.45) is 25.1. The number of hydrogen-bond acceptors (Lipinski definition) is 0. The molecule has 0 aliphatic carbocycles. The third-order valence-electron chi connectivity index (χ3n) is 24.0. The first kappa shape index (κ1) is 89.2. The molecule has 0 saturated heterocycles. The molecule has 0 aliphatic heterocycles. The summed E-state index contributed by atoms with van der Waals surface area (Å²) in [7, 11) is 31.5. The van der Waals surface area contributed by atoms with Crippen molar-refractivity contribution in [2.45, 2.75) is 111 Å². The summed E-state index contributed by atoms with van der Waals surface area (Å²) in [6, 6.07) is 0. The Kier molecular flexibility index (Phi) is 30.5. The van der Waals surface area contributed by atoms with Gasteiger partial charge in [-0.2, -0.15) is 0 Å². The first-order valence-corrected chi connectivity index (χ1v) is 39.9. The molecule has 0 N–H and O–H groups in total. The Hall–Kier alpha value is -12.3. The van der Waals surface area contributed by atoms with Crippen LogP contribution in [0.4, 0.5) is 0 Å². The van der Waals surface area contributed by atoms with Crippen molar-refractivity contribution >= 4 is 234 Å². The van der Waals surface area contributed by atoms with Crippen LogP contribution < -0.4 is 21.9 Å². The van der Waals surface area contributed by atoms with E-state index in [9.17, 15) is 0 Å². The first-order valence-electron chi connectivity index (χ1n) is 39.9. The fourth-order valence-corrected chi connectivity index (χ4v) is 18.1. The second-order valence-electron chi connectivity index (χ2n) is 31.2. The summed E-state index contributed by atoms with van der Waals surface area (Å²) in [5.41, 5.74) is 27.8. The van der Waals surface area contributed by atoms with Gasteiger partial charge in [0.25, 0.3) is 0 Å². The smallest absolute Gasteiger partial charge is 0.112 e. The fraction of sp³-hybridized carbons (Fsp3) is 0.170. The summed E-state index contributed by atoms with van der Waals surface area (Å²) in [4.78, 5) is 0. The molecule has 0 bridgehead atoms. The van der Waals surface area contributed by atoms with Crippen LogP contribution in [0.3, 0.4) is 0 Å². The predicted octanol–water partition coefficient (Wildman–Crippen LogP) is -2.76. The number of benzene rings is 8. The van der Waals surface area contributed by atoms with E-state index in [0.29, 0.717) is 92.6 Å². The van der Waals surface area contributed by atoms with Crippen LogP contribution in [0.1, 0.15) is 132 Å². The summed E-state index contributed by atoms with van der Waals surface area (Å²) < 4.78 is 0. The highest BCUT2D eigenvalue weighted by Crippen LogP contribution is 2.56. The molecule has 0 radical (unpaired) electrons. The lowest BCUT2D eigenvalue weighted by Gasteiger charge is -2.39. The third-order valence-corrected chi connectivity index (χ3v) is 24.0. The van der Waals surface area contributed by atoms with Gasteiger partial charge in [-0.15, -0.1) is 42.5 Å². The second-order valence-corrected chi connectivity index (χ2v) is 31.2. The average molecular weight is 1450 g/mol. The molecule has 0 heterocycles. The normalized spacial score (nSPS) is 9.17. The maximum atomic E-state index is 6.28. The van der Waals surface area contributed by atoms with E-state index in [1.54, 1.807) is 19.3 Å². The van der Waals surface area contributed by atoms with Crippen LogP contribution in [0.15, 0.2) is 0 Å². The van der Waals surface area contributed by atoms with E-state index in [4.69, 9.17) is 25.7 Å². The first-order chi connectivity index (χ1) is 55.5. The van der Waals surface area contributed by atoms with Crippen molar-refractivity contribution in [1.82, 2.24) is 0 Å². The van der Waals surface area contributed by atoms with Gasteiger partial charge in [0.2, 0.25) is 0 Å². The molecule has 0 nitrogen and oxygen atoms in total. The predicted molar refractivity (Wildman–Crippen MR) is 558 cm³/mol. The molecule has 0 spiro atoms. The molecule has 0 fully saturated rings. The molecule has 22 heteroatoms. The van der Waals surface area contributed by atoms with Gasteiger partial charge in [0.05, 0.1) is 139 Å². The van der Waals surface area contributed by atoms with E-state index >= 15 is 0 Å². The number of rotatable bonds is 12. The molecule has 8 aromatic carbocycles. The summed E-state index contributed by atoms with van der Waals surface area (Å²) in [5, 5.41) is 9.46. The van der Waals surface area contributed by atoms with Crippen LogP contribution in [0, 0.1) is 329 Å². The summed E-state index contributed by atoms with van der Waals surface area (Å²) in [5.74, 6) is 109. The SMILES string of the molecule is BBB(B)B(B(B)B)c1c(B(B(B)B)B(B)B)c(B(BB)B(B)B)c(C)c2c(-c3c4c(C)c(C)c(C)c(C)c4c(-c4c(C#CC#CC#CC#CC#C)c5c(C)c(C)c(C#CC)c(C#CC#C)c5c5c(C#CC#CC)c(C#CC#CC#C)c(C#CC#CC#CC)c(C#CC#CC#CC#C)c45)c4c(C)c(C)c(C)c(C)c34)c(C)c(C)c(B)c12. The number of hydrogen-bond donors (Lipinski definition) is 0. The van der Waals surface area contributed by atoms with Crippen LogP contribution in [0.25, 0.3) is 76.1 Å². The zero-order valence-corrected chi connectivity index (χ0v) is 73.3. The van der Waals surface area contributed by atoms with Crippen molar-refractivity contribution in [3.8, 4) is 261 Å². The second kappa shape index (κ2) is 39.6. The van der Waals surface area contributed by atoms with Gasteiger partial charge >= 0.3 is 0 Å². The van der Waals surface area contributed by atoms with E-state index in [1.165, 1.54) is 66.1 Å². The molecule has 520 valence electrons. The monoisotopic (exact) mass is 1450 g/mol. The van der Waals surface area contributed by atoms with Gasteiger partial charge in [-0.25, -0.2) is 0 Å². The summed E-state index contributed by atoms with van der Waals surface area (Å²) >= 11 is 0. The maximum Gasteiger partial charge on any atom is 0.140 e. The standard InChI is InChI=1S/C94H78B22/c1-21-28-34-38-40-41-44-49-56-76-77-66(17)61(12)70(50-27-7)73(51-33-26-6)84(77)85-74(54-45-32-25-5)71(52-46-37-31-24-4)72(53-47-42-36-30-23-3)75(55-48-43-39-35-29-22-2)86(85)87(76)89-80-64(15)59(10)57(8)62(13)78(80)88(79-63(14)58(9)60(11)65(16)81(79)89)82-67(18)68(19)91(95)90-83(82)69(20)92(109(107-96)112(98)99)94(110(113(100)101)114(102)103)93(90)111(115(104)105)116(106)108-97/h1-2,4,6,107-108H,95-106H2,3,5,7-20H3. The Balaban J connectivity index is 2.11. The molecular formula is C94H78B22. The van der Waals surface area contributed by atoms with Gasteiger partial charge < -0.3 is 0 Å². The number of aryl methyl sites for hydroxylation is 6. The van der Waals surface area contributed by atoms with Crippen LogP contribution in [-0.2, 0) is 0 Å². The van der Waals surface area contributed by atoms with Crippen LogP contribution in [-0.4, -0.2) is 158 Å². The van der Waals surface area contributed by atoms with Crippen LogP contribution >= 0.6 is 0 Å². The molecule has 0 atom stereocenters. The molecule has 0 aliphatic rings. The van der Waals surface area contributed by atoms with Crippen LogP contribution in [0.2, 0.25) is 0 Å². The Morgan fingerprint density at radius 2 is 0.586 bits per heavy atom. The van der Waals surface area contributed by atoms with Crippen LogP contribution in [0.5, 0.6) is 0 Å². The Labute approximate surface area is 711 Å². The lowest BCUT2D eigenvalue weighted by Crippen LogP contribution is -2.77. The van der Waals surface area contributed by atoms with Crippen molar-refractivity contribution in [3.63, 3.8) is 0 Å². The molecule has 116 heavy (non-hydrogen) atoms. The molecule has 0 saturated carbocycles. The van der Waals surface area contributed by atoms with Crippen molar-refractivity contribution in [3.05, 3.63) is 111 Å². The fourth-order valence-electron chi connectivity index (χ4n) is 18.1. The topological polar surface area (TPSA) is 0 Å². The lowest BCUT2D eigenvalue weighted by atomic mass is 8.66. The Morgan fingerprint density at radius 3 is 1.00 bits per heavy atom. The minimum atomic E-state index is 0.223. The van der Waals surface area contributed by atoms with Crippen molar-refractivity contribution < 1.29 is 0 Å². The average Bonchev–Trinajstić information content (AvgIpc) is 0.676. The van der Waals surface area contributed by atoms with Gasteiger partial charge in [-0.05, 0) is 375 Å². The molecule has 0 amide bonds. The maximum absolute atomic E-state index is 6.28. The van der Waals surface area contributed by atoms with E-state index in [-0.39, 0.29) is 19.5 Å². The highest BCUT2D eigenvalue weighted by molar-refractivity contribution is 7.89. The number of terminal acetylenes is 4. The highest BCUT2D eigenvalue weighted by Gasteiger charge is 2.42. The lowest BCUT2D eigenvalue weighted by molar-refractivity contribution is 1.24. The van der Waals surface area contributed by atoms with E-state index in [1.807, 2.05) is 6.92 Å². The molecule has 8 aromatic rings. The third kappa shape index (κ3) is 16.9. The van der Waals surface area contributed by atoms with Gasteiger partial charge in [-0.3, -0.25) is 0 Å². The van der Waals surface area contributed by atoms with Gasteiger partial charge in [-0.1, -0.05) is 75.3 Å². The molecule has 0 aromatic heterocycles. The summed E-state index contributed by atoms with van der Waals surface area (Å²) in [6.45, 7) is 35.9. The van der Waals surface area contributed by atoms with Crippen molar-refractivity contribution in [2.24, 2.45) is 0 Å². The van der Waals surface area contributed by atoms with E-state index in [0.717, 1.165) is 91.1 Å². The van der Waals surface area contributed by atoms with Gasteiger partial charge in [0.15, 0.2) is 0 Å². The molecule has 0 unspecified atom stereocenters. The number of fused-ring (bicyclic) bond motifs is 6. The Bertz CT molecular complexity index is 6950. The minimum absolute atomic E-state index is 0.223. The zero-order valence-electron chi connectivity index (χ0n) is 73.3. The van der Waals surface area contributed by atoms with E-state index in [2.05, 4.69) is 396 Å². The Morgan fingerprint density at radius 1 is 0.241 bits per heavy atom. The largest absolute Gasteiger partial charge is 0.140 e.